The highest BCUT2D eigenvalue weighted by atomic mass is 35.5. The van der Waals surface area contributed by atoms with Crippen molar-refractivity contribution < 1.29 is 14.7 Å². The summed E-state index contributed by atoms with van der Waals surface area (Å²) in [6.45, 7) is 5.45. The molecule has 8 nitrogen and oxygen atoms in total. The molecule has 0 atom stereocenters. The number of carbonyl (C=O) groups excluding carboxylic acids is 2. The van der Waals surface area contributed by atoms with E-state index in [0.29, 0.717) is 52.8 Å². The number of amides is 2. The molecule has 3 N–H and O–H groups in total. The molecule has 10 heteroatoms. The van der Waals surface area contributed by atoms with Gasteiger partial charge in [-0.1, -0.05) is 29.3 Å². The number of nitrogens with zero attached hydrogens (tertiary/aromatic N) is 4. The monoisotopic (exact) mass is 489 g/mol. The fourth-order valence-electron chi connectivity index (χ4n) is 4.29. The zero-order valence-corrected chi connectivity index (χ0v) is 19.9. The van der Waals surface area contributed by atoms with Crippen molar-refractivity contribution in [1.82, 2.24) is 19.4 Å². The molecule has 0 saturated carbocycles. The standard InChI is InChI=1S/C23H25Cl2N5O3/c1-13-17(10-26)21(16-4-3-15(24)9-19(16)25)18-11-30(23(33)22(18)27-13)12-20(32)29-7-5-28(6-8-29)14(2)31/h3-4,9,11,33H,5-8,10,12,26H2,1-2H3. The lowest BCUT2D eigenvalue weighted by atomic mass is 9.96. The van der Waals surface area contributed by atoms with E-state index >= 15 is 0 Å². The molecular weight excluding hydrogens is 465 g/mol. The largest absolute Gasteiger partial charge is 0.493 e. The third kappa shape index (κ3) is 4.38. The van der Waals surface area contributed by atoms with Crippen LogP contribution in [0.3, 0.4) is 0 Å². The first-order valence-electron chi connectivity index (χ1n) is 10.6. The minimum atomic E-state index is -0.143. The van der Waals surface area contributed by atoms with Crippen molar-refractivity contribution in [1.29, 1.82) is 0 Å². The summed E-state index contributed by atoms with van der Waals surface area (Å²) in [5.74, 6) is -0.240. The maximum atomic E-state index is 12.9. The molecule has 1 aliphatic rings. The van der Waals surface area contributed by atoms with Gasteiger partial charge in [0.1, 0.15) is 12.1 Å². The van der Waals surface area contributed by atoms with E-state index in [1.165, 1.54) is 11.5 Å². The van der Waals surface area contributed by atoms with E-state index in [4.69, 9.17) is 28.9 Å². The number of halogens is 2. The molecule has 3 aromatic rings. The summed E-state index contributed by atoms with van der Waals surface area (Å²) in [7, 11) is 0. The van der Waals surface area contributed by atoms with E-state index in [2.05, 4.69) is 4.98 Å². The molecule has 2 amide bonds. The maximum Gasteiger partial charge on any atom is 0.242 e. The van der Waals surface area contributed by atoms with Crippen LogP contribution in [0.25, 0.3) is 22.0 Å². The lowest BCUT2D eigenvalue weighted by molar-refractivity contribution is -0.138. The van der Waals surface area contributed by atoms with E-state index in [-0.39, 0.29) is 30.8 Å². The fraction of sp³-hybridized carbons (Fsp3) is 0.348. The van der Waals surface area contributed by atoms with Crippen molar-refractivity contribution in [2.24, 2.45) is 5.73 Å². The highest BCUT2D eigenvalue weighted by Gasteiger charge is 2.25. The Kier molecular flexibility index (Phi) is 6.52. The van der Waals surface area contributed by atoms with Crippen LogP contribution in [0.5, 0.6) is 5.88 Å². The van der Waals surface area contributed by atoms with Gasteiger partial charge in [0.05, 0.1) is 0 Å². The van der Waals surface area contributed by atoms with Crippen LogP contribution < -0.4 is 5.73 Å². The Bertz CT molecular complexity index is 1250. The molecule has 0 bridgehead atoms. The van der Waals surface area contributed by atoms with Gasteiger partial charge < -0.3 is 25.2 Å². The number of hydrogen-bond acceptors (Lipinski definition) is 5. The normalized spacial score (nSPS) is 14.2. The van der Waals surface area contributed by atoms with E-state index < -0.39 is 0 Å². The van der Waals surface area contributed by atoms with Crippen molar-refractivity contribution in [3.8, 4) is 17.0 Å². The molecule has 1 saturated heterocycles. The first kappa shape index (κ1) is 23.4. The van der Waals surface area contributed by atoms with E-state index in [1.807, 2.05) is 13.0 Å². The third-order valence-corrected chi connectivity index (χ3v) is 6.65. The lowest BCUT2D eigenvalue weighted by Crippen LogP contribution is -2.50. The van der Waals surface area contributed by atoms with Crippen molar-refractivity contribution in [2.75, 3.05) is 26.2 Å². The van der Waals surface area contributed by atoms with Gasteiger partial charge in [-0.2, -0.15) is 0 Å². The predicted octanol–water partition coefficient (Wildman–Crippen LogP) is 3.17. The summed E-state index contributed by atoms with van der Waals surface area (Å²) < 4.78 is 1.49. The number of pyridine rings is 1. The van der Waals surface area contributed by atoms with Crippen molar-refractivity contribution in [3.63, 3.8) is 0 Å². The number of hydrogen-bond donors (Lipinski definition) is 2. The van der Waals surface area contributed by atoms with Gasteiger partial charge in [-0.25, -0.2) is 4.98 Å². The lowest BCUT2D eigenvalue weighted by Gasteiger charge is -2.34. The predicted molar refractivity (Wildman–Crippen MR) is 128 cm³/mol. The van der Waals surface area contributed by atoms with E-state index in [9.17, 15) is 14.7 Å². The molecule has 33 heavy (non-hydrogen) atoms. The molecule has 1 aromatic carbocycles. The zero-order chi connectivity index (χ0) is 23.9. The van der Waals surface area contributed by atoms with Crippen LogP contribution in [-0.2, 0) is 22.7 Å². The van der Waals surface area contributed by atoms with Crippen LogP contribution in [0.15, 0.2) is 24.4 Å². The summed E-state index contributed by atoms with van der Waals surface area (Å²) in [6.07, 6.45) is 1.71. The SMILES string of the molecule is CC(=O)N1CCN(C(=O)Cn2cc3c(-c4ccc(Cl)cc4Cl)c(CN)c(C)nc3c2O)CC1. The van der Waals surface area contributed by atoms with E-state index in [0.717, 1.165) is 16.7 Å². The molecule has 0 unspecified atom stereocenters. The number of rotatable bonds is 4. The second kappa shape index (κ2) is 9.21. The number of aromatic nitrogens is 2. The molecule has 2 aromatic heterocycles. The average Bonchev–Trinajstić information content (AvgIpc) is 3.08. The van der Waals surface area contributed by atoms with Gasteiger partial charge in [0, 0.05) is 78.1 Å². The smallest absolute Gasteiger partial charge is 0.242 e. The second-order valence-electron chi connectivity index (χ2n) is 8.11. The minimum Gasteiger partial charge on any atom is -0.493 e. The number of piperazine rings is 1. The Labute approximate surface area is 201 Å². The Morgan fingerprint density at radius 1 is 1.15 bits per heavy atom. The summed E-state index contributed by atoms with van der Waals surface area (Å²) in [5.41, 5.74) is 9.38. The first-order chi connectivity index (χ1) is 15.7. The average molecular weight is 490 g/mol. The van der Waals surface area contributed by atoms with E-state index in [1.54, 1.807) is 28.1 Å². The molecule has 0 spiro atoms. The molecule has 1 aliphatic heterocycles. The highest BCUT2D eigenvalue weighted by molar-refractivity contribution is 6.36. The first-order valence-corrected chi connectivity index (χ1v) is 11.4. The molecular formula is C23H25Cl2N5O3. The molecule has 1 fully saturated rings. The van der Waals surface area contributed by atoms with Gasteiger partial charge in [-0.05, 0) is 24.6 Å². The topological polar surface area (TPSA) is 105 Å². The number of nitrogens with two attached hydrogens (primary N) is 1. The minimum absolute atomic E-state index is 0.00180. The van der Waals surface area contributed by atoms with Gasteiger partial charge in [0.25, 0.3) is 0 Å². The van der Waals surface area contributed by atoms with Crippen molar-refractivity contribution >= 4 is 45.9 Å². The van der Waals surface area contributed by atoms with Crippen LogP contribution in [0.2, 0.25) is 10.0 Å². The van der Waals surface area contributed by atoms with Gasteiger partial charge in [-0.3, -0.25) is 9.59 Å². The molecule has 3 heterocycles. The maximum absolute atomic E-state index is 12.9. The molecule has 174 valence electrons. The quantitative estimate of drug-likeness (QED) is 0.585. The van der Waals surface area contributed by atoms with Gasteiger partial charge >= 0.3 is 0 Å². The molecule has 0 aliphatic carbocycles. The summed E-state index contributed by atoms with van der Waals surface area (Å²) >= 11 is 12.6. The number of benzene rings is 1. The van der Waals surface area contributed by atoms with Gasteiger partial charge in [0.2, 0.25) is 17.7 Å². The third-order valence-electron chi connectivity index (χ3n) is 6.10. The number of fused-ring (bicyclic) bond motifs is 1. The highest BCUT2D eigenvalue weighted by Crippen LogP contribution is 2.40. The van der Waals surface area contributed by atoms with Crippen molar-refractivity contribution in [3.05, 3.63) is 45.7 Å². The zero-order valence-electron chi connectivity index (χ0n) is 18.4. The molecule has 0 radical (unpaired) electrons. The molecule has 4 rings (SSSR count). The van der Waals surface area contributed by atoms with Crippen molar-refractivity contribution in [2.45, 2.75) is 26.9 Å². The Morgan fingerprint density at radius 2 is 1.82 bits per heavy atom. The fourth-order valence-corrected chi connectivity index (χ4v) is 4.80. The number of aromatic hydroxyl groups is 1. The Balaban J connectivity index is 1.73. The number of carbonyl (C=O) groups is 2. The number of aryl methyl sites for hydroxylation is 1. The Hall–Kier alpha value is -2.81. The summed E-state index contributed by atoms with van der Waals surface area (Å²) in [5, 5.41) is 12.5. The van der Waals surface area contributed by atoms with Crippen LogP contribution in [0.1, 0.15) is 18.2 Å². The Morgan fingerprint density at radius 3 is 2.42 bits per heavy atom. The summed E-state index contributed by atoms with van der Waals surface area (Å²) in [4.78, 5) is 32.4. The van der Waals surface area contributed by atoms with Crippen LogP contribution in [-0.4, -0.2) is 62.5 Å². The van der Waals surface area contributed by atoms with Gasteiger partial charge in [0.15, 0.2) is 0 Å². The summed E-state index contributed by atoms with van der Waals surface area (Å²) in [6, 6.07) is 5.21. The second-order valence-corrected chi connectivity index (χ2v) is 8.95. The van der Waals surface area contributed by atoms with Gasteiger partial charge in [-0.15, -0.1) is 0 Å². The van der Waals surface area contributed by atoms with Crippen LogP contribution >= 0.6 is 23.2 Å². The van der Waals surface area contributed by atoms with Crippen LogP contribution in [0, 0.1) is 6.92 Å². The van der Waals surface area contributed by atoms with Crippen LogP contribution in [0.4, 0.5) is 0 Å².